The van der Waals surface area contributed by atoms with E-state index in [0.29, 0.717) is 0 Å². The molecule has 0 radical (unpaired) electrons. The van der Waals surface area contributed by atoms with Crippen molar-refractivity contribution in [2.45, 2.75) is 0 Å². The molecule has 2 aromatic rings. The number of rotatable bonds is 2. The van der Waals surface area contributed by atoms with Crippen LogP contribution in [0, 0.1) is 0 Å². The average molecular weight is 258 g/mol. The number of nitrogens with one attached hydrogen (secondary N) is 2. The average Bonchev–Trinajstić information content (AvgIpc) is 2.42. The predicted octanol–water partition coefficient (Wildman–Crippen LogP) is 0.759. The van der Waals surface area contributed by atoms with Crippen LogP contribution in [0.5, 0.6) is 5.75 Å². The summed E-state index contributed by atoms with van der Waals surface area (Å²) in [6.45, 7) is 0. The topological polar surface area (TPSA) is 104 Å². The third-order valence-corrected chi connectivity index (χ3v) is 2.15. The first-order valence-electron chi connectivity index (χ1n) is 5.34. The molecule has 1 aromatic heterocycles. The largest absolute Gasteiger partial charge is 0.506 e. The lowest BCUT2D eigenvalue weighted by molar-refractivity contribution is -0.133. The SMILES string of the molecule is O=C(Nc1ncccn1)C(=O)Nc1ccccc1O. The smallest absolute Gasteiger partial charge is 0.316 e. The summed E-state index contributed by atoms with van der Waals surface area (Å²) in [6.07, 6.45) is 2.87. The number of carbonyl (C=O) groups is 2. The zero-order valence-corrected chi connectivity index (χ0v) is 9.70. The maximum Gasteiger partial charge on any atom is 0.316 e. The summed E-state index contributed by atoms with van der Waals surface area (Å²) in [7, 11) is 0. The minimum atomic E-state index is -0.922. The van der Waals surface area contributed by atoms with Gasteiger partial charge in [-0.1, -0.05) is 12.1 Å². The number of anilines is 2. The first kappa shape index (κ1) is 12.5. The van der Waals surface area contributed by atoms with Crippen molar-refractivity contribution < 1.29 is 14.7 Å². The highest BCUT2D eigenvalue weighted by Gasteiger charge is 2.16. The molecule has 0 fully saturated rings. The second kappa shape index (κ2) is 5.58. The lowest BCUT2D eigenvalue weighted by Gasteiger charge is -2.06. The van der Waals surface area contributed by atoms with E-state index in [1.807, 2.05) is 0 Å². The Morgan fingerprint density at radius 1 is 0.947 bits per heavy atom. The lowest BCUT2D eigenvalue weighted by atomic mass is 10.3. The Hall–Kier alpha value is -2.96. The number of hydrogen-bond donors (Lipinski definition) is 3. The molecule has 0 atom stereocenters. The summed E-state index contributed by atoms with van der Waals surface area (Å²) in [4.78, 5) is 30.6. The Balaban J connectivity index is 2.01. The second-order valence-electron chi connectivity index (χ2n) is 3.50. The molecule has 1 heterocycles. The molecule has 0 bridgehead atoms. The summed E-state index contributed by atoms with van der Waals surface area (Å²) in [5, 5.41) is 14.0. The second-order valence-corrected chi connectivity index (χ2v) is 3.50. The van der Waals surface area contributed by atoms with Crippen LogP contribution in [-0.2, 0) is 9.59 Å². The number of amides is 2. The maximum atomic E-state index is 11.6. The van der Waals surface area contributed by atoms with Crippen LogP contribution in [0.4, 0.5) is 11.6 Å². The van der Waals surface area contributed by atoms with Crippen LogP contribution < -0.4 is 10.6 Å². The van der Waals surface area contributed by atoms with Gasteiger partial charge in [0.05, 0.1) is 5.69 Å². The number of benzene rings is 1. The van der Waals surface area contributed by atoms with E-state index in [2.05, 4.69) is 20.6 Å². The maximum absolute atomic E-state index is 11.6. The van der Waals surface area contributed by atoms with Crippen molar-refractivity contribution >= 4 is 23.5 Å². The van der Waals surface area contributed by atoms with Crippen LogP contribution in [0.1, 0.15) is 0 Å². The predicted molar refractivity (Wildman–Crippen MR) is 67.4 cm³/mol. The van der Waals surface area contributed by atoms with Crippen LogP contribution in [-0.4, -0.2) is 26.9 Å². The van der Waals surface area contributed by atoms with Crippen LogP contribution in [0.25, 0.3) is 0 Å². The van der Waals surface area contributed by atoms with Crippen molar-refractivity contribution in [2.75, 3.05) is 10.6 Å². The summed E-state index contributed by atoms with van der Waals surface area (Å²) >= 11 is 0. The number of phenolic OH excluding ortho intramolecular Hbond substituents is 1. The van der Waals surface area contributed by atoms with Crippen molar-refractivity contribution in [3.63, 3.8) is 0 Å². The van der Waals surface area contributed by atoms with E-state index >= 15 is 0 Å². The molecule has 0 aliphatic rings. The highest BCUT2D eigenvalue weighted by molar-refractivity contribution is 6.43. The quantitative estimate of drug-likeness (QED) is 0.545. The number of para-hydroxylation sites is 2. The molecule has 0 unspecified atom stereocenters. The van der Waals surface area contributed by atoms with E-state index in [1.165, 1.54) is 24.5 Å². The van der Waals surface area contributed by atoms with E-state index < -0.39 is 11.8 Å². The van der Waals surface area contributed by atoms with Gasteiger partial charge in [0, 0.05) is 12.4 Å². The third-order valence-electron chi connectivity index (χ3n) is 2.15. The number of hydrogen-bond acceptors (Lipinski definition) is 5. The van der Waals surface area contributed by atoms with Crippen molar-refractivity contribution in [3.8, 4) is 5.75 Å². The molecule has 2 amide bonds. The molecule has 19 heavy (non-hydrogen) atoms. The fourth-order valence-corrected chi connectivity index (χ4v) is 1.28. The fraction of sp³-hybridized carbons (Fsp3) is 0. The summed E-state index contributed by atoms with van der Waals surface area (Å²) in [5.41, 5.74) is 0.150. The van der Waals surface area contributed by atoms with Gasteiger partial charge < -0.3 is 10.4 Å². The van der Waals surface area contributed by atoms with Crippen molar-refractivity contribution in [1.82, 2.24) is 9.97 Å². The molecule has 0 aliphatic heterocycles. The zero-order valence-electron chi connectivity index (χ0n) is 9.70. The van der Waals surface area contributed by atoms with Gasteiger partial charge in [-0.15, -0.1) is 0 Å². The van der Waals surface area contributed by atoms with Crippen molar-refractivity contribution in [1.29, 1.82) is 0 Å². The summed E-state index contributed by atoms with van der Waals surface area (Å²) in [5.74, 6) is -1.94. The Morgan fingerprint density at radius 3 is 2.26 bits per heavy atom. The molecule has 7 nitrogen and oxygen atoms in total. The Bertz CT molecular complexity index is 601. The molecule has 3 N–H and O–H groups in total. The molecule has 0 saturated carbocycles. The number of carbonyl (C=O) groups excluding carboxylic acids is 2. The number of aromatic hydroxyl groups is 1. The number of phenols is 1. The van der Waals surface area contributed by atoms with Crippen molar-refractivity contribution in [3.05, 3.63) is 42.7 Å². The van der Waals surface area contributed by atoms with Gasteiger partial charge in [0.15, 0.2) is 0 Å². The van der Waals surface area contributed by atoms with Crippen LogP contribution in [0.3, 0.4) is 0 Å². The molecule has 0 saturated heterocycles. The van der Waals surface area contributed by atoms with Crippen LogP contribution in [0.15, 0.2) is 42.7 Å². The summed E-state index contributed by atoms with van der Waals surface area (Å²) < 4.78 is 0. The Labute approximate surface area is 108 Å². The van der Waals surface area contributed by atoms with Gasteiger partial charge >= 0.3 is 11.8 Å². The highest BCUT2D eigenvalue weighted by Crippen LogP contribution is 2.21. The van der Waals surface area contributed by atoms with E-state index in [1.54, 1.807) is 18.2 Å². The molecular formula is C12H10N4O3. The monoisotopic (exact) mass is 258 g/mol. The highest BCUT2D eigenvalue weighted by atomic mass is 16.3. The number of aromatic nitrogens is 2. The van der Waals surface area contributed by atoms with Gasteiger partial charge in [-0.3, -0.25) is 14.9 Å². The molecule has 2 rings (SSSR count). The lowest BCUT2D eigenvalue weighted by Crippen LogP contribution is -2.29. The number of nitrogens with zero attached hydrogens (tertiary/aromatic N) is 2. The van der Waals surface area contributed by atoms with E-state index in [4.69, 9.17) is 0 Å². The molecular weight excluding hydrogens is 248 g/mol. The Kier molecular flexibility index (Phi) is 3.67. The van der Waals surface area contributed by atoms with E-state index in [0.717, 1.165) is 0 Å². The first-order chi connectivity index (χ1) is 9.16. The molecule has 7 heteroatoms. The molecule has 1 aromatic carbocycles. The van der Waals surface area contributed by atoms with Crippen molar-refractivity contribution in [2.24, 2.45) is 0 Å². The minimum Gasteiger partial charge on any atom is -0.506 e. The van der Waals surface area contributed by atoms with Gasteiger partial charge in [-0.2, -0.15) is 0 Å². The Morgan fingerprint density at radius 2 is 1.58 bits per heavy atom. The molecule has 0 spiro atoms. The molecule has 96 valence electrons. The van der Waals surface area contributed by atoms with Gasteiger partial charge in [0.2, 0.25) is 5.95 Å². The minimum absolute atomic E-state index is 0.0277. The molecule has 0 aliphatic carbocycles. The van der Waals surface area contributed by atoms with E-state index in [9.17, 15) is 14.7 Å². The van der Waals surface area contributed by atoms with Crippen LogP contribution >= 0.6 is 0 Å². The van der Waals surface area contributed by atoms with Crippen LogP contribution in [0.2, 0.25) is 0 Å². The van der Waals surface area contributed by atoms with Gasteiger partial charge in [-0.05, 0) is 18.2 Å². The fourth-order valence-electron chi connectivity index (χ4n) is 1.28. The summed E-state index contributed by atoms with van der Waals surface area (Å²) in [6, 6.07) is 7.67. The van der Waals surface area contributed by atoms with Gasteiger partial charge in [0.25, 0.3) is 0 Å². The normalized spacial score (nSPS) is 9.68. The zero-order chi connectivity index (χ0) is 13.7. The van der Waals surface area contributed by atoms with Gasteiger partial charge in [0.1, 0.15) is 5.75 Å². The van der Waals surface area contributed by atoms with E-state index in [-0.39, 0.29) is 17.4 Å². The standard InChI is InChI=1S/C12H10N4O3/c17-9-5-2-1-4-8(9)15-10(18)11(19)16-12-13-6-3-7-14-12/h1-7,17H,(H,15,18)(H,13,14,16,19). The third kappa shape index (κ3) is 3.25. The first-order valence-corrected chi connectivity index (χ1v) is 5.34. The van der Waals surface area contributed by atoms with Gasteiger partial charge in [-0.25, -0.2) is 9.97 Å².